The summed E-state index contributed by atoms with van der Waals surface area (Å²) in [5, 5.41) is 8.58. The molecule has 1 aliphatic heterocycles. The molecule has 0 N–H and O–H groups in total. The first-order valence-corrected chi connectivity index (χ1v) is 7.47. The molecule has 1 heterocycles. The monoisotopic (exact) mass is 315 g/mol. The van der Waals surface area contributed by atoms with Crippen molar-refractivity contribution in [2.24, 2.45) is 0 Å². The largest absolute Gasteiger partial charge is 0.340 e. The van der Waals surface area contributed by atoms with Gasteiger partial charge >= 0.3 is 0 Å². The Hall–Kier alpha value is -2.68. The van der Waals surface area contributed by atoms with Gasteiger partial charge in [-0.2, -0.15) is 5.26 Å². The molecule has 0 aromatic heterocycles. The molecular weight excluding hydrogens is 297 g/mol. The fourth-order valence-corrected chi connectivity index (χ4v) is 2.45. The summed E-state index contributed by atoms with van der Waals surface area (Å²) in [6, 6.07) is 7.86. The first kappa shape index (κ1) is 16.7. The average Bonchev–Trinajstić information content (AvgIpc) is 2.79. The third kappa shape index (κ3) is 4.92. The summed E-state index contributed by atoms with van der Waals surface area (Å²) in [5.74, 6) is -0.707. The fraction of sp³-hybridized carbons (Fsp3) is 0.353. The van der Waals surface area contributed by atoms with E-state index in [0.717, 1.165) is 0 Å². The Kier molecular flexibility index (Phi) is 5.87. The van der Waals surface area contributed by atoms with Gasteiger partial charge in [0, 0.05) is 32.3 Å². The smallest absolute Gasteiger partial charge is 0.246 e. The SMILES string of the molecule is N#CCC(=O)N1CCCN(C(=O)/C=C/c2cccc(F)c2)CC1. The molecule has 0 aliphatic carbocycles. The highest BCUT2D eigenvalue weighted by molar-refractivity contribution is 5.91. The summed E-state index contributed by atoms with van der Waals surface area (Å²) in [5.41, 5.74) is 0.624. The Labute approximate surface area is 134 Å². The van der Waals surface area contributed by atoms with E-state index < -0.39 is 0 Å². The number of hydrogen-bond donors (Lipinski definition) is 0. The van der Waals surface area contributed by atoms with Crippen LogP contribution in [0.2, 0.25) is 0 Å². The van der Waals surface area contributed by atoms with Crippen molar-refractivity contribution < 1.29 is 14.0 Å². The topological polar surface area (TPSA) is 64.4 Å². The maximum absolute atomic E-state index is 13.1. The third-order valence-corrected chi connectivity index (χ3v) is 3.66. The summed E-state index contributed by atoms with van der Waals surface area (Å²) in [7, 11) is 0. The Bertz CT molecular complexity index is 651. The minimum Gasteiger partial charge on any atom is -0.340 e. The molecule has 1 aromatic carbocycles. The van der Waals surface area contributed by atoms with Crippen LogP contribution in [0.4, 0.5) is 4.39 Å². The predicted octanol–water partition coefficient (Wildman–Crippen LogP) is 1.81. The van der Waals surface area contributed by atoms with Crippen LogP contribution in [0.1, 0.15) is 18.4 Å². The summed E-state index contributed by atoms with van der Waals surface area (Å²) in [6.45, 7) is 1.98. The van der Waals surface area contributed by atoms with Crippen molar-refractivity contribution in [2.45, 2.75) is 12.8 Å². The molecule has 1 fully saturated rings. The lowest BCUT2D eigenvalue weighted by atomic mass is 10.2. The van der Waals surface area contributed by atoms with Crippen LogP contribution in [0.3, 0.4) is 0 Å². The van der Waals surface area contributed by atoms with Gasteiger partial charge in [-0.15, -0.1) is 0 Å². The zero-order valence-electron chi connectivity index (χ0n) is 12.7. The van der Waals surface area contributed by atoms with Crippen LogP contribution < -0.4 is 0 Å². The Morgan fingerprint density at radius 3 is 2.70 bits per heavy atom. The number of rotatable bonds is 3. The maximum Gasteiger partial charge on any atom is 0.246 e. The van der Waals surface area contributed by atoms with Crippen molar-refractivity contribution in [3.05, 3.63) is 41.7 Å². The second-order valence-corrected chi connectivity index (χ2v) is 5.28. The van der Waals surface area contributed by atoms with Gasteiger partial charge in [-0.3, -0.25) is 9.59 Å². The summed E-state index contributed by atoms with van der Waals surface area (Å²) in [6.07, 6.45) is 3.54. The number of nitriles is 1. The van der Waals surface area contributed by atoms with Crippen LogP contribution in [0.5, 0.6) is 0 Å². The zero-order valence-corrected chi connectivity index (χ0v) is 12.7. The van der Waals surface area contributed by atoms with Crippen LogP contribution in [-0.4, -0.2) is 47.8 Å². The van der Waals surface area contributed by atoms with E-state index >= 15 is 0 Å². The van der Waals surface area contributed by atoms with Gasteiger partial charge in [-0.1, -0.05) is 12.1 Å². The first-order chi connectivity index (χ1) is 11.1. The number of nitrogens with zero attached hydrogens (tertiary/aromatic N) is 3. The number of carbonyl (C=O) groups excluding carboxylic acids is 2. The predicted molar refractivity (Wildman–Crippen MR) is 83.4 cm³/mol. The van der Waals surface area contributed by atoms with Crippen molar-refractivity contribution >= 4 is 17.9 Å². The molecule has 120 valence electrons. The second kappa shape index (κ2) is 8.08. The van der Waals surface area contributed by atoms with Crippen molar-refractivity contribution in [2.75, 3.05) is 26.2 Å². The van der Waals surface area contributed by atoms with Crippen molar-refractivity contribution in [1.82, 2.24) is 9.80 Å². The summed E-state index contributed by atoms with van der Waals surface area (Å²) in [4.78, 5) is 27.2. The van der Waals surface area contributed by atoms with Gasteiger partial charge in [0.25, 0.3) is 0 Å². The number of benzene rings is 1. The minimum absolute atomic E-state index is 0.132. The van der Waals surface area contributed by atoms with E-state index in [4.69, 9.17) is 5.26 Å². The van der Waals surface area contributed by atoms with Crippen LogP contribution >= 0.6 is 0 Å². The lowest BCUT2D eigenvalue weighted by molar-refractivity contribution is -0.131. The van der Waals surface area contributed by atoms with Gasteiger partial charge in [0.1, 0.15) is 12.2 Å². The molecule has 2 rings (SSSR count). The highest BCUT2D eigenvalue weighted by atomic mass is 19.1. The molecule has 5 nitrogen and oxygen atoms in total. The third-order valence-electron chi connectivity index (χ3n) is 3.66. The number of carbonyl (C=O) groups is 2. The Morgan fingerprint density at radius 2 is 1.96 bits per heavy atom. The molecule has 1 saturated heterocycles. The van der Waals surface area contributed by atoms with Gasteiger partial charge in [-0.05, 0) is 30.2 Å². The molecule has 1 aliphatic rings. The summed E-state index contributed by atoms with van der Waals surface area (Å²) >= 11 is 0. The van der Waals surface area contributed by atoms with E-state index in [-0.39, 0.29) is 24.1 Å². The second-order valence-electron chi connectivity index (χ2n) is 5.28. The van der Waals surface area contributed by atoms with Crippen LogP contribution in [0, 0.1) is 17.1 Å². The van der Waals surface area contributed by atoms with E-state index in [1.54, 1.807) is 28.0 Å². The Morgan fingerprint density at radius 1 is 1.22 bits per heavy atom. The number of halogens is 1. The van der Waals surface area contributed by atoms with Gasteiger partial charge in [-0.25, -0.2) is 4.39 Å². The molecule has 2 amide bonds. The molecule has 1 aromatic rings. The van der Waals surface area contributed by atoms with Gasteiger partial charge in [0.15, 0.2) is 0 Å². The fourth-order valence-electron chi connectivity index (χ4n) is 2.45. The molecule has 0 unspecified atom stereocenters. The molecule has 0 saturated carbocycles. The van der Waals surface area contributed by atoms with Crippen LogP contribution in [0.15, 0.2) is 30.3 Å². The number of amides is 2. The highest BCUT2D eigenvalue weighted by Gasteiger charge is 2.20. The highest BCUT2D eigenvalue weighted by Crippen LogP contribution is 2.08. The van der Waals surface area contributed by atoms with Crippen LogP contribution in [0.25, 0.3) is 6.08 Å². The van der Waals surface area contributed by atoms with E-state index in [9.17, 15) is 14.0 Å². The van der Waals surface area contributed by atoms with E-state index in [1.165, 1.54) is 18.2 Å². The summed E-state index contributed by atoms with van der Waals surface area (Å²) < 4.78 is 13.1. The average molecular weight is 315 g/mol. The van der Waals surface area contributed by atoms with Gasteiger partial charge < -0.3 is 9.80 Å². The quantitative estimate of drug-likeness (QED) is 0.799. The minimum atomic E-state index is -0.346. The molecule has 0 radical (unpaired) electrons. The molecule has 6 heteroatoms. The van der Waals surface area contributed by atoms with Gasteiger partial charge in [0.05, 0.1) is 6.07 Å². The standard InChI is InChI=1S/C17H18FN3O2/c18-15-4-1-3-14(13-15)5-6-16(22)20-9-2-10-21(12-11-20)17(23)7-8-19/h1,3-6,13H,2,7,9-12H2/b6-5+. The van der Waals surface area contributed by atoms with Crippen molar-refractivity contribution in [1.29, 1.82) is 5.26 Å². The van der Waals surface area contributed by atoms with Crippen molar-refractivity contribution in [3.8, 4) is 6.07 Å². The first-order valence-electron chi connectivity index (χ1n) is 7.47. The lowest BCUT2D eigenvalue weighted by Crippen LogP contribution is -2.36. The van der Waals surface area contributed by atoms with Crippen LogP contribution in [-0.2, 0) is 9.59 Å². The zero-order chi connectivity index (χ0) is 16.7. The van der Waals surface area contributed by atoms with Crippen molar-refractivity contribution in [3.63, 3.8) is 0 Å². The van der Waals surface area contributed by atoms with E-state index in [2.05, 4.69) is 0 Å². The van der Waals surface area contributed by atoms with Gasteiger partial charge in [0.2, 0.25) is 11.8 Å². The number of hydrogen-bond acceptors (Lipinski definition) is 3. The molecule has 0 bridgehead atoms. The molecule has 0 spiro atoms. The molecule has 23 heavy (non-hydrogen) atoms. The molecular formula is C17H18FN3O2. The lowest BCUT2D eigenvalue weighted by Gasteiger charge is -2.20. The van der Waals surface area contributed by atoms with E-state index in [0.29, 0.717) is 38.2 Å². The molecule has 0 atom stereocenters. The maximum atomic E-state index is 13.1. The normalized spacial score (nSPS) is 15.3. The Balaban J connectivity index is 1.93. The van der Waals surface area contributed by atoms with E-state index in [1.807, 2.05) is 6.07 Å².